The number of alkyl halides is 3. The lowest BCUT2D eigenvalue weighted by atomic mass is 10.0. The molecule has 1 saturated heterocycles. The second-order valence-electron chi connectivity index (χ2n) is 9.67. The van der Waals surface area contributed by atoms with E-state index >= 15 is 0 Å². The Bertz CT molecular complexity index is 1260. The average molecular weight is 587 g/mol. The highest BCUT2D eigenvalue weighted by Crippen LogP contribution is 2.39. The third-order valence-corrected chi connectivity index (χ3v) is 6.52. The van der Waals surface area contributed by atoms with Crippen LogP contribution in [0.1, 0.15) is 50.0 Å². The summed E-state index contributed by atoms with van der Waals surface area (Å²) < 4.78 is 121. The zero-order valence-electron chi connectivity index (χ0n) is 22.2. The van der Waals surface area contributed by atoms with Crippen LogP contribution in [0.3, 0.4) is 0 Å². The molecule has 41 heavy (non-hydrogen) atoms. The van der Waals surface area contributed by atoms with Crippen molar-refractivity contribution in [3.8, 4) is 22.6 Å². The largest absolute Gasteiger partial charge is 0.488 e. The van der Waals surface area contributed by atoms with Crippen molar-refractivity contribution in [2.24, 2.45) is 5.92 Å². The van der Waals surface area contributed by atoms with Crippen LogP contribution in [0.25, 0.3) is 11.1 Å². The van der Waals surface area contributed by atoms with E-state index in [0.29, 0.717) is 54.5 Å². The maximum atomic E-state index is 14.8. The summed E-state index contributed by atoms with van der Waals surface area (Å²) in [4.78, 5) is 0. The summed E-state index contributed by atoms with van der Waals surface area (Å²) in [5.41, 5.74) is -0.725. The second-order valence-corrected chi connectivity index (χ2v) is 9.67. The summed E-state index contributed by atoms with van der Waals surface area (Å²) in [5, 5.41) is 0. The van der Waals surface area contributed by atoms with Gasteiger partial charge in [-0.1, -0.05) is 44.0 Å². The quantitative estimate of drug-likeness (QED) is 0.157. The van der Waals surface area contributed by atoms with Gasteiger partial charge in [0.15, 0.2) is 23.7 Å². The molecular weight excluding hydrogens is 557 g/mol. The van der Waals surface area contributed by atoms with Crippen LogP contribution in [0.15, 0.2) is 48.5 Å². The van der Waals surface area contributed by atoms with Gasteiger partial charge in [0.25, 0.3) is 0 Å². The number of halogens is 7. The molecule has 1 heterocycles. The SMILES string of the molecule is CCCCC1COC(c2ccc(-c3cc(F)c(C(F)(F)Oc4cc(F)c(OCCCF)c(F)c4)c(F)c3)cc2)OC1. The van der Waals surface area contributed by atoms with Crippen molar-refractivity contribution in [1.29, 1.82) is 0 Å². The number of hydrogen-bond donors (Lipinski definition) is 0. The Morgan fingerprint density at radius 2 is 1.44 bits per heavy atom. The predicted molar refractivity (Wildman–Crippen MR) is 136 cm³/mol. The van der Waals surface area contributed by atoms with E-state index in [1.807, 2.05) is 0 Å². The maximum Gasteiger partial charge on any atom is 0.432 e. The Kier molecular flexibility index (Phi) is 10.1. The molecule has 3 aromatic rings. The number of unbranched alkanes of at least 4 members (excludes halogenated alkanes) is 1. The van der Waals surface area contributed by atoms with Crippen molar-refractivity contribution >= 4 is 0 Å². The lowest BCUT2D eigenvalue weighted by molar-refractivity contribution is -0.206. The fraction of sp³-hybridized carbons (Fsp3) is 0.400. The van der Waals surface area contributed by atoms with Crippen molar-refractivity contribution in [3.63, 3.8) is 0 Å². The molecule has 0 aliphatic carbocycles. The second kappa shape index (κ2) is 13.6. The molecule has 222 valence electrons. The predicted octanol–water partition coefficient (Wildman–Crippen LogP) is 8.63. The van der Waals surface area contributed by atoms with Gasteiger partial charge in [0, 0.05) is 30.0 Å². The zero-order valence-corrected chi connectivity index (χ0v) is 22.2. The molecule has 3 aromatic carbocycles. The lowest BCUT2D eigenvalue weighted by Gasteiger charge is -2.29. The zero-order chi connectivity index (χ0) is 29.6. The summed E-state index contributed by atoms with van der Waals surface area (Å²) in [7, 11) is 0. The highest BCUT2D eigenvalue weighted by molar-refractivity contribution is 5.64. The molecule has 1 aliphatic rings. The van der Waals surface area contributed by atoms with Gasteiger partial charge in [-0.3, -0.25) is 4.39 Å². The van der Waals surface area contributed by atoms with Gasteiger partial charge in [-0.05, 0) is 29.7 Å². The molecule has 0 amide bonds. The molecule has 1 aliphatic heterocycles. The van der Waals surface area contributed by atoms with Crippen molar-refractivity contribution < 1.29 is 49.7 Å². The van der Waals surface area contributed by atoms with Crippen molar-refractivity contribution in [2.75, 3.05) is 26.5 Å². The summed E-state index contributed by atoms with van der Waals surface area (Å²) >= 11 is 0. The van der Waals surface area contributed by atoms with E-state index in [0.717, 1.165) is 19.3 Å². The molecule has 0 unspecified atom stereocenters. The minimum atomic E-state index is -4.63. The molecule has 0 saturated carbocycles. The van der Waals surface area contributed by atoms with E-state index in [-0.39, 0.29) is 18.6 Å². The molecule has 11 heteroatoms. The van der Waals surface area contributed by atoms with Crippen LogP contribution in [0, 0.1) is 29.2 Å². The van der Waals surface area contributed by atoms with Gasteiger partial charge in [0.05, 0.1) is 26.5 Å². The van der Waals surface area contributed by atoms with Gasteiger partial charge >= 0.3 is 6.11 Å². The van der Waals surface area contributed by atoms with Crippen LogP contribution in [0.5, 0.6) is 11.5 Å². The smallest absolute Gasteiger partial charge is 0.432 e. The Morgan fingerprint density at radius 3 is 2.00 bits per heavy atom. The van der Waals surface area contributed by atoms with Gasteiger partial charge in [0.1, 0.15) is 22.9 Å². The highest BCUT2D eigenvalue weighted by atomic mass is 19.3. The third-order valence-electron chi connectivity index (χ3n) is 6.52. The molecule has 4 rings (SSSR count). The van der Waals surface area contributed by atoms with Gasteiger partial charge in [0.2, 0.25) is 0 Å². The summed E-state index contributed by atoms with van der Waals surface area (Å²) in [6.07, 6.45) is -2.17. The maximum absolute atomic E-state index is 14.8. The van der Waals surface area contributed by atoms with Crippen LogP contribution in [-0.4, -0.2) is 26.5 Å². The van der Waals surface area contributed by atoms with E-state index in [1.54, 1.807) is 24.3 Å². The fourth-order valence-electron chi connectivity index (χ4n) is 4.41. The van der Waals surface area contributed by atoms with Crippen LogP contribution >= 0.6 is 0 Å². The third kappa shape index (κ3) is 7.51. The molecule has 0 N–H and O–H groups in total. The van der Waals surface area contributed by atoms with Crippen LogP contribution < -0.4 is 9.47 Å². The highest BCUT2D eigenvalue weighted by Gasteiger charge is 2.41. The lowest BCUT2D eigenvalue weighted by Crippen LogP contribution is -2.27. The molecular formula is C30H29F7O4. The molecule has 0 atom stereocenters. The van der Waals surface area contributed by atoms with Crippen molar-refractivity contribution in [2.45, 2.75) is 45.0 Å². The first kappa shape index (κ1) is 30.6. The van der Waals surface area contributed by atoms with Gasteiger partial charge in [-0.2, -0.15) is 8.78 Å². The van der Waals surface area contributed by atoms with E-state index in [2.05, 4.69) is 11.7 Å². The Labute approximate surface area is 233 Å². The summed E-state index contributed by atoms with van der Waals surface area (Å²) in [6.45, 7) is 2.08. The number of hydrogen-bond acceptors (Lipinski definition) is 4. The molecule has 1 fully saturated rings. The molecule has 4 nitrogen and oxygen atoms in total. The first-order valence-electron chi connectivity index (χ1n) is 13.2. The number of rotatable bonds is 12. The van der Waals surface area contributed by atoms with Crippen molar-refractivity contribution in [3.05, 3.63) is 82.9 Å². The Balaban J connectivity index is 1.47. The van der Waals surface area contributed by atoms with Crippen LogP contribution in [-0.2, 0) is 15.6 Å². The molecule has 0 bridgehead atoms. The topological polar surface area (TPSA) is 36.9 Å². The Hall–Kier alpha value is -3.31. The van der Waals surface area contributed by atoms with Gasteiger partial charge < -0.3 is 18.9 Å². The van der Waals surface area contributed by atoms with Gasteiger partial charge in [-0.15, -0.1) is 0 Å². The van der Waals surface area contributed by atoms with E-state index in [9.17, 15) is 30.7 Å². The van der Waals surface area contributed by atoms with Crippen LogP contribution in [0.4, 0.5) is 30.7 Å². The first-order chi connectivity index (χ1) is 19.6. The monoisotopic (exact) mass is 586 g/mol. The minimum Gasteiger partial charge on any atom is -0.488 e. The summed E-state index contributed by atoms with van der Waals surface area (Å²) in [6, 6.07) is 8.58. The molecule has 0 spiro atoms. The number of benzene rings is 3. The Morgan fingerprint density at radius 1 is 0.829 bits per heavy atom. The summed E-state index contributed by atoms with van der Waals surface area (Å²) in [5.74, 6) is -7.70. The molecule has 0 radical (unpaired) electrons. The van der Waals surface area contributed by atoms with Crippen LogP contribution in [0.2, 0.25) is 0 Å². The first-order valence-corrected chi connectivity index (χ1v) is 13.2. The van der Waals surface area contributed by atoms with E-state index in [1.165, 1.54) is 0 Å². The fourth-order valence-corrected chi connectivity index (χ4v) is 4.41. The standard InChI is InChI=1S/C30H29F7O4/c1-2-3-5-18-16-39-29(40-17-18)20-8-6-19(7-9-20)21-12-23(32)27(24(33)13-21)30(36,37)41-22-14-25(34)28(26(35)15-22)38-11-4-10-31/h6-9,12-15,18,29H,2-5,10-11,16-17H2,1H3. The molecule has 0 aromatic heterocycles. The van der Waals surface area contributed by atoms with Gasteiger partial charge in [-0.25, -0.2) is 17.6 Å². The minimum absolute atomic E-state index is 0.0249. The van der Waals surface area contributed by atoms with E-state index in [4.69, 9.17) is 14.2 Å². The van der Waals surface area contributed by atoms with E-state index < -0.39 is 59.4 Å². The normalized spacial score (nSPS) is 17.5. The number of ether oxygens (including phenoxy) is 4. The van der Waals surface area contributed by atoms with Crippen molar-refractivity contribution in [1.82, 2.24) is 0 Å². The average Bonchev–Trinajstić information content (AvgIpc) is 2.93.